The average molecular weight is 289 g/mol. The molecular weight excluding hydrogens is 276 g/mol. The SMILES string of the molecule is COc1c(Br)cc(C2(O)CC2)cc1SC. The van der Waals surface area contributed by atoms with Crippen molar-refractivity contribution < 1.29 is 9.84 Å². The van der Waals surface area contributed by atoms with Crippen LogP contribution < -0.4 is 4.74 Å². The van der Waals surface area contributed by atoms with E-state index in [9.17, 15) is 5.11 Å². The van der Waals surface area contributed by atoms with Crippen LogP contribution in [0.25, 0.3) is 0 Å². The molecule has 0 heterocycles. The number of rotatable bonds is 3. The summed E-state index contributed by atoms with van der Waals surface area (Å²) in [7, 11) is 1.66. The first-order chi connectivity index (χ1) is 7.10. The van der Waals surface area contributed by atoms with Crippen LogP contribution in [0.1, 0.15) is 18.4 Å². The molecule has 1 N–H and O–H groups in total. The predicted molar refractivity (Wildman–Crippen MR) is 65.6 cm³/mol. The predicted octanol–water partition coefficient (Wildman–Crippen LogP) is 3.16. The summed E-state index contributed by atoms with van der Waals surface area (Å²) in [5.74, 6) is 0.843. The lowest BCUT2D eigenvalue weighted by molar-refractivity contribution is 0.151. The molecule has 0 unspecified atom stereocenters. The summed E-state index contributed by atoms with van der Waals surface area (Å²) >= 11 is 5.10. The molecule has 0 aromatic heterocycles. The smallest absolute Gasteiger partial charge is 0.146 e. The maximum atomic E-state index is 10.0. The molecule has 4 heteroatoms. The van der Waals surface area contributed by atoms with Crippen molar-refractivity contribution >= 4 is 27.7 Å². The van der Waals surface area contributed by atoms with Gasteiger partial charge in [0, 0.05) is 0 Å². The van der Waals surface area contributed by atoms with Crippen molar-refractivity contribution in [2.75, 3.05) is 13.4 Å². The number of ether oxygens (including phenoxy) is 1. The highest BCUT2D eigenvalue weighted by atomic mass is 79.9. The lowest BCUT2D eigenvalue weighted by Crippen LogP contribution is -2.05. The first kappa shape index (κ1) is 11.3. The molecule has 1 aromatic carbocycles. The van der Waals surface area contributed by atoms with Crippen molar-refractivity contribution in [2.45, 2.75) is 23.3 Å². The van der Waals surface area contributed by atoms with Crippen molar-refractivity contribution in [3.05, 3.63) is 22.2 Å². The lowest BCUT2D eigenvalue weighted by Gasteiger charge is -2.14. The Morgan fingerprint density at radius 3 is 2.60 bits per heavy atom. The zero-order valence-electron chi connectivity index (χ0n) is 8.71. The number of hydrogen-bond acceptors (Lipinski definition) is 3. The van der Waals surface area contributed by atoms with Crippen LogP contribution in [0.15, 0.2) is 21.5 Å². The van der Waals surface area contributed by atoms with E-state index in [1.807, 2.05) is 18.4 Å². The Labute approximate surface area is 102 Å². The molecule has 15 heavy (non-hydrogen) atoms. The van der Waals surface area contributed by atoms with E-state index in [1.54, 1.807) is 18.9 Å². The van der Waals surface area contributed by atoms with E-state index in [0.29, 0.717) is 0 Å². The highest BCUT2D eigenvalue weighted by Gasteiger charge is 2.42. The summed E-state index contributed by atoms with van der Waals surface area (Å²) in [6.07, 6.45) is 3.73. The molecule has 1 fully saturated rings. The number of halogens is 1. The third-order valence-corrected chi connectivity index (χ3v) is 4.03. The number of hydrogen-bond donors (Lipinski definition) is 1. The van der Waals surface area contributed by atoms with Gasteiger partial charge in [-0.15, -0.1) is 11.8 Å². The minimum absolute atomic E-state index is 0.584. The van der Waals surface area contributed by atoms with Crippen molar-refractivity contribution in [1.29, 1.82) is 0 Å². The largest absolute Gasteiger partial charge is 0.494 e. The lowest BCUT2D eigenvalue weighted by atomic mass is 10.1. The Balaban J connectivity index is 2.48. The summed E-state index contributed by atoms with van der Waals surface area (Å²) < 4.78 is 6.22. The van der Waals surface area contributed by atoms with Crippen LogP contribution in [0.3, 0.4) is 0 Å². The molecule has 1 aliphatic rings. The molecule has 1 aliphatic carbocycles. The van der Waals surface area contributed by atoms with Gasteiger partial charge in [-0.25, -0.2) is 0 Å². The van der Waals surface area contributed by atoms with Crippen molar-refractivity contribution in [3.8, 4) is 5.75 Å². The van der Waals surface area contributed by atoms with Crippen molar-refractivity contribution in [1.82, 2.24) is 0 Å². The quantitative estimate of drug-likeness (QED) is 0.867. The minimum atomic E-state index is -0.584. The summed E-state index contributed by atoms with van der Waals surface area (Å²) in [4.78, 5) is 1.06. The molecule has 0 atom stereocenters. The molecule has 0 spiro atoms. The number of aliphatic hydroxyl groups is 1. The van der Waals surface area contributed by atoms with E-state index in [-0.39, 0.29) is 0 Å². The summed E-state index contributed by atoms with van der Waals surface area (Å²) in [5.41, 5.74) is 0.402. The highest BCUT2D eigenvalue weighted by Crippen LogP contribution is 2.48. The second kappa shape index (κ2) is 4.00. The number of methoxy groups -OCH3 is 1. The molecule has 0 radical (unpaired) electrons. The standard InChI is InChI=1S/C11H13BrO2S/c1-14-10-8(12)5-7(6-9(10)15-2)11(13)3-4-11/h5-6,13H,3-4H2,1-2H3. The maximum absolute atomic E-state index is 10.0. The van der Waals surface area contributed by atoms with Crippen LogP contribution in [0.5, 0.6) is 5.75 Å². The summed E-state index contributed by atoms with van der Waals surface area (Å²) in [6.45, 7) is 0. The minimum Gasteiger partial charge on any atom is -0.494 e. The van der Waals surface area contributed by atoms with E-state index in [2.05, 4.69) is 15.9 Å². The molecular formula is C11H13BrO2S. The normalized spacial score (nSPS) is 17.6. The molecule has 1 aromatic rings. The second-order valence-electron chi connectivity index (χ2n) is 3.73. The van der Waals surface area contributed by atoms with Crippen LogP contribution in [0.2, 0.25) is 0 Å². The van der Waals surface area contributed by atoms with Gasteiger partial charge in [-0.2, -0.15) is 0 Å². The highest BCUT2D eigenvalue weighted by molar-refractivity contribution is 9.10. The van der Waals surface area contributed by atoms with Gasteiger partial charge in [-0.3, -0.25) is 0 Å². The molecule has 0 amide bonds. The third kappa shape index (κ3) is 2.03. The summed E-state index contributed by atoms with van der Waals surface area (Å²) in [5, 5.41) is 10.0. The van der Waals surface area contributed by atoms with Gasteiger partial charge in [-0.1, -0.05) is 0 Å². The molecule has 2 nitrogen and oxygen atoms in total. The van der Waals surface area contributed by atoms with Crippen LogP contribution in [0.4, 0.5) is 0 Å². The van der Waals surface area contributed by atoms with Crippen LogP contribution in [0, 0.1) is 0 Å². The van der Waals surface area contributed by atoms with Crippen LogP contribution in [-0.2, 0) is 5.60 Å². The van der Waals surface area contributed by atoms with E-state index in [0.717, 1.165) is 33.5 Å². The molecule has 82 valence electrons. The van der Waals surface area contributed by atoms with Crippen molar-refractivity contribution in [3.63, 3.8) is 0 Å². The zero-order chi connectivity index (χ0) is 11.1. The van der Waals surface area contributed by atoms with Crippen molar-refractivity contribution in [2.24, 2.45) is 0 Å². The first-order valence-corrected chi connectivity index (χ1v) is 6.77. The van der Waals surface area contributed by atoms with Gasteiger partial charge in [0.1, 0.15) is 5.75 Å². The Morgan fingerprint density at radius 2 is 2.13 bits per heavy atom. The van der Waals surface area contributed by atoms with E-state index >= 15 is 0 Å². The van der Waals surface area contributed by atoms with E-state index in [1.165, 1.54) is 0 Å². The Kier molecular flexibility index (Phi) is 3.01. The average Bonchev–Trinajstić information content (AvgIpc) is 2.96. The first-order valence-electron chi connectivity index (χ1n) is 4.75. The molecule has 0 aliphatic heterocycles. The van der Waals surface area contributed by atoms with Gasteiger partial charge in [0.05, 0.1) is 22.1 Å². The fraction of sp³-hybridized carbons (Fsp3) is 0.455. The van der Waals surface area contributed by atoms with E-state index in [4.69, 9.17) is 4.74 Å². The van der Waals surface area contributed by atoms with Crippen LogP contribution >= 0.6 is 27.7 Å². The van der Waals surface area contributed by atoms with Gasteiger partial charge >= 0.3 is 0 Å². The number of thioether (sulfide) groups is 1. The summed E-state index contributed by atoms with van der Waals surface area (Å²) in [6, 6.07) is 3.97. The van der Waals surface area contributed by atoms with Gasteiger partial charge in [-0.05, 0) is 52.7 Å². The fourth-order valence-corrected chi connectivity index (χ4v) is 2.97. The van der Waals surface area contributed by atoms with E-state index < -0.39 is 5.60 Å². The van der Waals surface area contributed by atoms with Gasteiger partial charge < -0.3 is 9.84 Å². The Hall–Kier alpha value is -0.190. The van der Waals surface area contributed by atoms with Gasteiger partial charge in [0.2, 0.25) is 0 Å². The molecule has 2 rings (SSSR count). The van der Waals surface area contributed by atoms with Gasteiger partial charge in [0.15, 0.2) is 0 Å². The zero-order valence-corrected chi connectivity index (χ0v) is 11.1. The fourth-order valence-electron chi connectivity index (χ4n) is 1.59. The van der Waals surface area contributed by atoms with Gasteiger partial charge in [0.25, 0.3) is 0 Å². The Morgan fingerprint density at radius 1 is 1.47 bits per heavy atom. The third-order valence-electron chi connectivity index (χ3n) is 2.69. The monoisotopic (exact) mass is 288 g/mol. The molecule has 0 saturated heterocycles. The molecule has 0 bridgehead atoms. The topological polar surface area (TPSA) is 29.5 Å². The maximum Gasteiger partial charge on any atom is 0.146 e. The number of benzene rings is 1. The van der Waals surface area contributed by atoms with Crippen LogP contribution in [-0.4, -0.2) is 18.5 Å². The molecule has 1 saturated carbocycles. The Bertz CT molecular complexity index is 388. The second-order valence-corrected chi connectivity index (χ2v) is 5.43.